The van der Waals surface area contributed by atoms with E-state index in [1.165, 1.54) is 76.3 Å². The molecule has 88 heavy (non-hydrogen) atoms. The van der Waals surface area contributed by atoms with Gasteiger partial charge in [0.1, 0.15) is 29.0 Å². The fraction of sp³-hybridized carbons (Fsp3) is 0.420. The first-order valence-corrected chi connectivity index (χ1v) is 31.4. The van der Waals surface area contributed by atoms with E-state index >= 15 is 0 Å². The second-order valence-corrected chi connectivity index (χ2v) is 20.4. The van der Waals surface area contributed by atoms with E-state index in [-0.39, 0.29) is 48.7 Å². The molecule has 6 nitrogen and oxygen atoms in total. The van der Waals surface area contributed by atoms with E-state index in [2.05, 4.69) is 168 Å². The van der Waals surface area contributed by atoms with E-state index in [1.807, 2.05) is 184 Å². The van der Waals surface area contributed by atoms with Crippen molar-refractivity contribution in [2.24, 2.45) is 7.05 Å². The molecule has 11 aromatic rings. The summed E-state index contributed by atoms with van der Waals surface area (Å²) in [5, 5.41) is 6.43. The number of imidazole rings is 1. The predicted molar refractivity (Wildman–Crippen MR) is 406 cm³/mol. The van der Waals surface area contributed by atoms with Gasteiger partial charge in [-0.2, -0.15) is 0 Å². The Morgan fingerprint density at radius 1 is 0.409 bits per heavy atom. The van der Waals surface area contributed by atoms with Crippen LogP contribution in [0.2, 0.25) is 0 Å². The summed E-state index contributed by atoms with van der Waals surface area (Å²) in [5.74, 6) is 3.13. The Morgan fingerprint density at radius 3 is 1.31 bits per heavy atom. The summed E-state index contributed by atoms with van der Waals surface area (Å²) in [6.07, 6.45) is 0.287. The Labute approximate surface area is 544 Å². The van der Waals surface area contributed by atoms with Crippen LogP contribution in [0.25, 0.3) is 53.9 Å². The lowest BCUT2D eigenvalue weighted by atomic mass is 9.82. The lowest BCUT2D eigenvalue weighted by Gasteiger charge is -2.21. The second kappa shape index (κ2) is 46.1. The van der Waals surface area contributed by atoms with Gasteiger partial charge in [0, 0.05) is 34.5 Å². The van der Waals surface area contributed by atoms with Crippen molar-refractivity contribution in [3.63, 3.8) is 0 Å². The Hall–Kier alpha value is -7.09. The molecule has 488 valence electrons. The van der Waals surface area contributed by atoms with Gasteiger partial charge in [0.25, 0.3) is 0 Å². The number of para-hydroxylation sites is 6. The Kier molecular flexibility index (Phi) is 47.0. The standard InChI is InChI=1S/C14H16.C12H13N.C11H14O.C10H10O.C9H10N2.C8H7NS.6C2H6.5CH4/c1-9-10(2)12(4)14-8-6-5-7-13(14)11(9)3;1-8-9(2)11-6-4-5-7-12(11)13-10(8)3;1-8-11(2,3)9-6-4-5-7-10(9)12-8;1-7-8(2)11-10-6-4-3-5-9(7)10;1-7-10-8-5-3-4-6-9(8)11(7)2;1-6-9-7-4-2-3-5-8(7)10-6;6*1-2;;;;;/h5-8H,1-4H3;4-7H,1-3H3;4-8H,1-3H3;2*3-6H,1-2H3;2-5H,1H3;6*1-2H3;5*1H4. The summed E-state index contributed by atoms with van der Waals surface area (Å²) >= 11 is 1.74. The molecule has 1 atom stereocenters. The summed E-state index contributed by atoms with van der Waals surface area (Å²) in [6.45, 7) is 53.9. The van der Waals surface area contributed by atoms with Gasteiger partial charge in [-0.05, 0) is 175 Å². The van der Waals surface area contributed by atoms with Crippen LogP contribution in [-0.4, -0.2) is 25.6 Å². The molecule has 7 heteroatoms. The molecule has 1 unspecified atom stereocenters. The molecular formula is C81H126N4O2S. The van der Waals surface area contributed by atoms with Crippen LogP contribution >= 0.6 is 11.3 Å². The van der Waals surface area contributed by atoms with Gasteiger partial charge in [0.15, 0.2) is 0 Å². The van der Waals surface area contributed by atoms with Crippen LogP contribution in [0.15, 0.2) is 150 Å². The molecule has 0 amide bonds. The monoisotopic (exact) mass is 1220 g/mol. The molecule has 1 aliphatic heterocycles. The lowest BCUT2D eigenvalue weighted by Crippen LogP contribution is -2.28. The maximum absolute atomic E-state index is 5.72. The zero-order valence-electron chi connectivity index (χ0n) is 56.4. The van der Waals surface area contributed by atoms with Crippen molar-refractivity contribution in [1.29, 1.82) is 0 Å². The highest BCUT2D eigenvalue weighted by Gasteiger charge is 2.38. The Morgan fingerprint density at radius 2 is 0.818 bits per heavy atom. The van der Waals surface area contributed by atoms with Gasteiger partial charge in [-0.25, -0.2) is 9.97 Å². The van der Waals surface area contributed by atoms with Crippen LogP contribution in [0.5, 0.6) is 5.75 Å². The molecule has 12 rings (SSSR count). The fourth-order valence-electron chi connectivity index (χ4n) is 8.94. The minimum absolute atomic E-state index is 0. The largest absolute Gasteiger partial charge is 0.490 e. The number of benzene rings is 7. The number of furan rings is 1. The quantitative estimate of drug-likeness (QED) is 0.151. The van der Waals surface area contributed by atoms with Crippen molar-refractivity contribution in [3.05, 3.63) is 212 Å². The Balaban J connectivity index is -0.000000300. The van der Waals surface area contributed by atoms with Crippen LogP contribution in [0, 0.1) is 76.2 Å². The molecular weight excluding hydrogens is 1090 g/mol. The third kappa shape index (κ3) is 23.5. The first kappa shape index (κ1) is 89.7. The van der Waals surface area contributed by atoms with Crippen molar-refractivity contribution < 1.29 is 9.15 Å². The maximum Gasteiger partial charge on any atom is 0.134 e. The van der Waals surface area contributed by atoms with Gasteiger partial charge in [-0.1, -0.05) is 237 Å². The first-order chi connectivity index (χ1) is 39.9. The number of thiazole rings is 1. The average molecular weight is 1220 g/mol. The number of nitrogens with zero attached hydrogens (tertiary/aromatic N) is 4. The first-order valence-electron chi connectivity index (χ1n) is 30.6. The van der Waals surface area contributed by atoms with Crippen molar-refractivity contribution >= 4 is 65.2 Å². The number of ether oxygens (including phenoxy) is 1. The summed E-state index contributed by atoms with van der Waals surface area (Å²) in [5.41, 5.74) is 17.7. The van der Waals surface area contributed by atoms with E-state index in [0.29, 0.717) is 0 Å². The van der Waals surface area contributed by atoms with Crippen LogP contribution in [0.4, 0.5) is 0 Å². The molecule has 0 fully saturated rings. The van der Waals surface area contributed by atoms with E-state index in [1.54, 1.807) is 11.3 Å². The highest BCUT2D eigenvalue weighted by Crippen LogP contribution is 2.42. The van der Waals surface area contributed by atoms with Gasteiger partial charge in [0.2, 0.25) is 0 Å². The predicted octanol–water partition coefficient (Wildman–Crippen LogP) is 26.9. The van der Waals surface area contributed by atoms with E-state index in [0.717, 1.165) is 50.2 Å². The zero-order valence-corrected chi connectivity index (χ0v) is 57.3. The lowest BCUT2D eigenvalue weighted by molar-refractivity contribution is 0.185. The second-order valence-electron chi connectivity index (χ2n) is 19.2. The summed E-state index contributed by atoms with van der Waals surface area (Å²) in [7, 11) is 2.03. The van der Waals surface area contributed by atoms with E-state index in [4.69, 9.17) is 9.15 Å². The van der Waals surface area contributed by atoms with Crippen molar-refractivity contribution in [1.82, 2.24) is 19.5 Å². The number of pyridine rings is 1. The average Bonchev–Trinajstić information content (AvgIpc) is 3.03. The smallest absolute Gasteiger partial charge is 0.134 e. The van der Waals surface area contributed by atoms with Gasteiger partial charge in [0.05, 0.1) is 31.8 Å². The molecule has 0 bridgehead atoms. The third-order valence-electron chi connectivity index (χ3n) is 14.5. The van der Waals surface area contributed by atoms with Crippen LogP contribution < -0.4 is 4.74 Å². The molecule has 0 N–H and O–H groups in total. The summed E-state index contributed by atoms with van der Waals surface area (Å²) in [6, 6.07) is 49.7. The molecule has 0 saturated heterocycles. The normalized spacial score (nSPS) is 11.0. The molecule has 0 spiro atoms. The van der Waals surface area contributed by atoms with Crippen molar-refractivity contribution in [2.75, 3.05) is 0 Å². The highest BCUT2D eigenvalue weighted by molar-refractivity contribution is 7.18. The molecule has 0 radical (unpaired) electrons. The molecule has 0 aliphatic carbocycles. The number of fused-ring (bicyclic) bond motifs is 6. The third-order valence-corrected chi connectivity index (χ3v) is 15.5. The summed E-state index contributed by atoms with van der Waals surface area (Å²) < 4.78 is 14.6. The van der Waals surface area contributed by atoms with Gasteiger partial charge >= 0.3 is 0 Å². The minimum atomic E-state index is 0. The number of hydrogen-bond acceptors (Lipinski definition) is 6. The SMILES string of the molecule is C.C.C.C.C.CC.CC.CC.CC.CC.CC.CC1Oc2ccccc2C1(C)C.Cc1c(C)c(C)c2ccccc2c1C.Cc1nc2ccccc2c(C)c1C.Cc1nc2ccccc2n1C.Cc1nc2ccccc2s1.Cc1oc2ccccc2c1C. The fourth-order valence-corrected chi connectivity index (χ4v) is 9.77. The number of rotatable bonds is 0. The van der Waals surface area contributed by atoms with Crippen LogP contribution in [-0.2, 0) is 12.5 Å². The minimum Gasteiger partial charge on any atom is -0.490 e. The van der Waals surface area contributed by atoms with Gasteiger partial charge < -0.3 is 13.7 Å². The molecule has 4 aromatic heterocycles. The van der Waals surface area contributed by atoms with Gasteiger partial charge in [-0.3, -0.25) is 4.98 Å². The van der Waals surface area contributed by atoms with E-state index < -0.39 is 0 Å². The molecule has 5 heterocycles. The highest BCUT2D eigenvalue weighted by atomic mass is 32.1. The number of aromatic nitrogens is 4. The van der Waals surface area contributed by atoms with Gasteiger partial charge in [-0.15, -0.1) is 11.3 Å². The molecule has 1 aliphatic rings. The zero-order chi connectivity index (χ0) is 63.1. The topological polar surface area (TPSA) is 66.0 Å². The van der Waals surface area contributed by atoms with Crippen molar-refractivity contribution in [2.45, 2.75) is 229 Å². The molecule has 0 saturated carbocycles. The summed E-state index contributed by atoms with van der Waals surface area (Å²) in [4.78, 5) is 13.2. The van der Waals surface area contributed by atoms with Crippen molar-refractivity contribution in [3.8, 4) is 5.75 Å². The Bertz CT molecular complexity index is 3460. The van der Waals surface area contributed by atoms with Crippen LogP contribution in [0.3, 0.4) is 0 Å². The maximum atomic E-state index is 5.72. The molecule has 7 aromatic carbocycles. The van der Waals surface area contributed by atoms with Crippen LogP contribution in [0.1, 0.15) is 208 Å². The number of hydrogen-bond donors (Lipinski definition) is 0. The van der Waals surface area contributed by atoms with E-state index in [9.17, 15) is 0 Å². The number of aryl methyl sites for hydroxylation is 9.